The summed E-state index contributed by atoms with van der Waals surface area (Å²) in [5.74, 6) is -8.30. The van der Waals surface area contributed by atoms with Crippen LogP contribution in [-0.2, 0) is 0 Å². The van der Waals surface area contributed by atoms with Gasteiger partial charge >= 0.3 is 0 Å². The Morgan fingerprint density at radius 3 is 1.82 bits per heavy atom. The largest absolute Gasteiger partial charge is 0.508 e. The molecule has 0 bridgehead atoms. The maximum Gasteiger partial charge on any atom is 0.276 e. The molecule has 2 atom stereocenters. The van der Waals surface area contributed by atoms with Gasteiger partial charge in [-0.1, -0.05) is 0 Å². The monoisotopic (exact) mass is 537 g/mol. The molecule has 0 saturated heterocycles. The molecule has 16 heteroatoms. The highest BCUT2D eigenvalue weighted by molar-refractivity contribution is 6.41. The van der Waals surface area contributed by atoms with Crippen LogP contribution in [0.25, 0.3) is 0 Å². The van der Waals surface area contributed by atoms with E-state index in [9.17, 15) is 50.4 Å². The van der Waals surface area contributed by atoms with Gasteiger partial charge in [-0.15, -0.1) is 0 Å². The molecule has 2 aromatic carbocycles. The second-order valence-corrected chi connectivity index (χ2v) is 9.89. The lowest BCUT2D eigenvalue weighted by atomic mass is 9.71. The molecule has 39 heavy (non-hydrogen) atoms. The van der Waals surface area contributed by atoms with Gasteiger partial charge in [0.1, 0.15) is 35.0 Å². The summed E-state index contributed by atoms with van der Waals surface area (Å²) in [6.45, 7) is 3.15. The molecule has 0 aliphatic carbocycles. The molecule has 13 nitrogen and oxygen atoms in total. The first-order valence-corrected chi connectivity index (χ1v) is 11.9. The van der Waals surface area contributed by atoms with Crippen LogP contribution < -0.4 is 21.8 Å². The highest BCUT2D eigenvalue weighted by atomic mass is 16.3. The van der Waals surface area contributed by atoms with Crippen LogP contribution in [0.4, 0.5) is 0 Å². The van der Waals surface area contributed by atoms with Gasteiger partial charge in [0.15, 0.2) is 40.2 Å². The third-order valence-corrected chi connectivity index (χ3v) is 7.40. The predicted octanol–water partition coefficient (Wildman–Crippen LogP) is -4.10. The highest BCUT2D eigenvalue weighted by Gasteiger charge is 2.44. The number of aromatic hydroxyl groups is 8. The average molecular weight is 537 g/mol. The molecular weight excluding hydrogens is 511 g/mol. The predicted molar refractivity (Wildman–Crippen MR) is 146 cm³/mol. The molecule has 1 aromatic heterocycles. The zero-order valence-electron chi connectivity index (χ0n) is 21.8. The fourth-order valence-corrected chi connectivity index (χ4v) is 5.12. The standard InChI is InChI=1S/C23H26B3N3O10/c1-5(2)28-4-6(29-14(23(28)39)15(31)7(30)3-27-29)8(9-11(24)19(35)20(36)12(25)16(9)32)10-17(33)13(26)21(37)22(38)18(10)34/h3,5-6,8,31-38H,4,24-26H2,1-2H3/t6-,8?/m1/s1. The lowest BCUT2D eigenvalue weighted by Crippen LogP contribution is -2.50. The SMILES string of the molecule is Bc1c(O)c(O)c(B)c(C(c2c(O)c(B)c(O)c(O)c2O)[C@H]2CN(C(C)C)C(=O)c3c(O)c(=O)cnn32)c1O. The van der Waals surface area contributed by atoms with Gasteiger partial charge in [0.05, 0.1) is 12.2 Å². The Kier molecular flexibility index (Phi) is 6.53. The fourth-order valence-electron chi connectivity index (χ4n) is 5.12. The molecule has 0 saturated carbocycles. The van der Waals surface area contributed by atoms with Crippen molar-refractivity contribution in [3.8, 4) is 46.0 Å². The number of hydrogen-bond acceptors (Lipinski definition) is 11. The minimum Gasteiger partial charge on any atom is -0.508 e. The lowest BCUT2D eigenvalue weighted by Gasteiger charge is -2.41. The van der Waals surface area contributed by atoms with Crippen molar-refractivity contribution >= 4 is 45.8 Å². The van der Waals surface area contributed by atoms with Crippen molar-refractivity contribution in [3.05, 3.63) is 33.2 Å². The number of benzene rings is 2. The molecule has 4 rings (SSSR count). The van der Waals surface area contributed by atoms with Crippen molar-refractivity contribution in [3.63, 3.8) is 0 Å². The summed E-state index contributed by atoms with van der Waals surface area (Å²) in [6.07, 6.45) is 0.771. The molecule has 8 N–H and O–H groups in total. The Hall–Kier alpha value is -4.62. The molecule has 1 unspecified atom stereocenters. The van der Waals surface area contributed by atoms with E-state index in [-0.39, 0.29) is 28.5 Å². The fraction of sp³-hybridized carbons (Fsp3) is 0.261. The van der Waals surface area contributed by atoms with E-state index >= 15 is 0 Å². The van der Waals surface area contributed by atoms with E-state index < -0.39 is 86.6 Å². The zero-order chi connectivity index (χ0) is 29.2. The molecule has 202 valence electrons. The normalized spacial score (nSPS) is 15.9. The van der Waals surface area contributed by atoms with E-state index in [4.69, 9.17) is 0 Å². The summed E-state index contributed by atoms with van der Waals surface area (Å²) in [6, 6.07) is -1.68. The summed E-state index contributed by atoms with van der Waals surface area (Å²) < 4.78 is 1.01. The maximum absolute atomic E-state index is 13.3. The minimum atomic E-state index is -1.46. The Morgan fingerprint density at radius 1 is 0.744 bits per heavy atom. The second kappa shape index (κ2) is 9.29. The van der Waals surface area contributed by atoms with Gasteiger partial charge in [0.2, 0.25) is 5.43 Å². The van der Waals surface area contributed by atoms with E-state index in [1.165, 1.54) is 28.4 Å². The van der Waals surface area contributed by atoms with Crippen LogP contribution in [0.15, 0.2) is 11.0 Å². The molecule has 3 aromatic rings. The van der Waals surface area contributed by atoms with Crippen LogP contribution in [0.2, 0.25) is 0 Å². The topological polar surface area (TPSA) is 217 Å². The third kappa shape index (κ3) is 3.85. The van der Waals surface area contributed by atoms with Gasteiger partial charge in [-0.3, -0.25) is 14.3 Å². The molecule has 1 amide bonds. The Bertz CT molecular complexity index is 1480. The number of carbonyl (C=O) groups excluding carboxylic acids is 1. The minimum absolute atomic E-state index is 0.0792. The van der Waals surface area contributed by atoms with Crippen LogP contribution in [0.1, 0.15) is 47.4 Å². The number of nitrogens with zero attached hydrogens (tertiary/aromatic N) is 3. The maximum atomic E-state index is 13.3. The first-order valence-electron chi connectivity index (χ1n) is 11.9. The van der Waals surface area contributed by atoms with Crippen LogP contribution in [0.5, 0.6) is 46.0 Å². The summed E-state index contributed by atoms with van der Waals surface area (Å²) in [5.41, 5.74) is -2.44. The molecule has 1 aliphatic rings. The number of amides is 1. The van der Waals surface area contributed by atoms with Crippen molar-refractivity contribution in [2.45, 2.75) is 31.8 Å². The first-order chi connectivity index (χ1) is 18.1. The van der Waals surface area contributed by atoms with Crippen molar-refractivity contribution in [1.29, 1.82) is 0 Å². The highest BCUT2D eigenvalue weighted by Crippen LogP contribution is 2.52. The smallest absolute Gasteiger partial charge is 0.276 e. The summed E-state index contributed by atoms with van der Waals surface area (Å²) >= 11 is 0. The quantitative estimate of drug-likeness (QED) is 0.0910. The summed E-state index contributed by atoms with van der Waals surface area (Å²) in [4.78, 5) is 26.9. The van der Waals surface area contributed by atoms with Gasteiger partial charge in [-0.25, -0.2) is 0 Å². The van der Waals surface area contributed by atoms with Crippen molar-refractivity contribution in [1.82, 2.24) is 14.7 Å². The molecule has 0 fully saturated rings. The Morgan fingerprint density at radius 2 is 1.26 bits per heavy atom. The molecule has 0 spiro atoms. The average Bonchev–Trinajstić information content (AvgIpc) is 2.89. The van der Waals surface area contributed by atoms with E-state index in [1.54, 1.807) is 13.8 Å². The number of phenolic OH excluding ortho intramolecular Hbond substituents is 7. The van der Waals surface area contributed by atoms with Gasteiger partial charge in [0.25, 0.3) is 5.91 Å². The zero-order valence-corrected chi connectivity index (χ0v) is 21.8. The van der Waals surface area contributed by atoms with E-state index in [0.29, 0.717) is 0 Å². The van der Waals surface area contributed by atoms with E-state index in [2.05, 4.69) is 5.10 Å². The number of carbonyl (C=O) groups is 1. The van der Waals surface area contributed by atoms with Crippen LogP contribution in [-0.4, -0.2) is 97.6 Å². The molecule has 0 radical (unpaired) electrons. The second-order valence-electron chi connectivity index (χ2n) is 9.89. The molecule has 1 aliphatic heterocycles. The van der Waals surface area contributed by atoms with Crippen LogP contribution in [0.3, 0.4) is 0 Å². The van der Waals surface area contributed by atoms with Crippen LogP contribution >= 0.6 is 0 Å². The number of hydrogen-bond donors (Lipinski definition) is 8. The summed E-state index contributed by atoms with van der Waals surface area (Å²) in [5, 5.41) is 89.9. The molecule has 2 heterocycles. The van der Waals surface area contributed by atoms with Gasteiger partial charge in [0, 0.05) is 29.6 Å². The number of rotatable bonds is 4. The van der Waals surface area contributed by atoms with Gasteiger partial charge < -0.3 is 45.8 Å². The molecular formula is C23H26B3N3O10. The van der Waals surface area contributed by atoms with Crippen molar-refractivity contribution < 1.29 is 45.6 Å². The number of phenols is 7. The van der Waals surface area contributed by atoms with Crippen LogP contribution in [0, 0.1) is 0 Å². The van der Waals surface area contributed by atoms with Crippen molar-refractivity contribution in [2.75, 3.05) is 6.54 Å². The van der Waals surface area contributed by atoms with E-state index in [0.717, 1.165) is 10.9 Å². The Balaban J connectivity index is 2.22. The van der Waals surface area contributed by atoms with Gasteiger partial charge in [-0.2, -0.15) is 5.10 Å². The Labute approximate surface area is 224 Å². The number of aromatic nitrogens is 2. The van der Waals surface area contributed by atoms with Crippen molar-refractivity contribution in [2.24, 2.45) is 0 Å². The van der Waals surface area contributed by atoms with E-state index in [1.807, 2.05) is 0 Å². The third-order valence-electron chi connectivity index (χ3n) is 7.40. The summed E-state index contributed by atoms with van der Waals surface area (Å²) in [7, 11) is 3.92. The number of fused-ring (bicyclic) bond motifs is 1. The first kappa shape index (κ1) is 27.4. The van der Waals surface area contributed by atoms with Gasteiger partial charge in [-0.05, 0) is 30.2 Å². The lowest BCUT2D eigenvalue weighted by molar-refractivity contribution is 0.0569.